The third-order valence-electron chi connectivity index (χ3n) is 7.25. The standard InChI is InChI=1S/C30H43FN4O7S/c1-20-17-35(21(2)19-36)29(37)26-16-25(33-43(5,39)40)13-14-27(26)42-22(3)8-6-7-15-41-28(20)18-34(4)30(38)32-24-11-9-23(31)10-12-24/h9-14,16,20-22,28,33,36H,6-8,15,17-19H2,1-5H3,(H,32,38)/t20-,21-,22-,28+/m0/s1. The molecule has 3 rings (SSSR count). The average Bonchev–Trinajstić information content (AvgIpc) is 2.94. The van der Waals surface area contributed by atoms with E-state index in [0.29, 0.717) is 24.5 Å². The Morgan fingerprint density at radius 1 is 1.16 bits per heavy atom. The van der Waals surface area contributed by atoms with Crippen molar-refractivity contribution >= 4 is 33.3 Å². The lowest BCUT2D eigenvalue weighted by Crippen LogP contribution is -2.48. The van der Waals surface area contributed by atoms with Crippen LogP contribution in [0.15, 0.2) is 42.5 Å². The Kier molecular flexibility index (Phi) is 12.2. The van der Waals surface area contributed by atoms with Crippen LogP contribution in [0.1, 0.15) is 50.4 Å². The quantitative estimate of drug-likeness (QED) is 0.422. The van der Waals surface area contributed by atoms with Crippen LogP contribution in [-0.4, -0.2) is 93.1 Å². The highest BCUT2D eigenvalue weighted by atomic mass is 32.2. The Hall–Kier alpha value is -3.42. The Labute approximate surface area is 253 Å². The Morgan fingerprint density at radius 3 is 2.49 bits per heavy atom. The van der Waals surface area contributed by atoms with E-state index < -0.39 is 39.9 Å². The van der Waals surface area contributed by atoms with Crippen LogP contribution >= 0.6 is 0 Å². The van der Waals surface area contributed by atoms with Crippen molar-refractivity contribution in [1.82, 2.24) is 9.80 Å². The van der Waals surface area contributed by atoms with Gasteiger partial charge in [0.15, 0.2) is 0 Å². The van der Waals surface area contributed by atoms with E-state index in [1.165, 1.54) is 40.1 Å². The molecule has 1 aliphatic rings. The first-order valence-corrected chi connectivity index (χ1v) is 16.3. The zero-order chi connectivity index (χ0) is 31.7. The first kappa shape index (κ1) is 34.1. The molecule has 4 atom stereocenters. The summed E-state index contributed by atoms with van der Waals surface area (Å²) in [5.41, 5.74) is 0.830. The van der Waals surface area contributed by atoms with Gasteiger partial charge in [0.1, 0.15) is 11.6 Å². The second kappa shape index (κ2) is 15.3. The van der Waals surface area contributed by atoms with Crippen molar-refractivity contribution in [3.63, 3.8) is 0 Å². The zero-order valence-electron chi connectivity index (χ0n) is 25.4. The molecule has 1 aliphatic heterocycles. The summed E-state index contributed by atoms with van der Waals surface area (Å²) >= 11 is 0. The maximum atomic E-state index is 14.1. The number of carbonyl (C=O) groups excluding carboxylic acids is 2. The first-order chi connectivity index (χ1) is 20.3. The van der Waals surface area contributed by atoms with Gasteiger partial charge in [-0.05, 0) is 75.6 Å². The molecule has 1 heterocycles. The molecule has 3 N–H and O–H groups in total. The molecule has 11 nitrogen and oxygen atoms in total. The number of rotatable bonds is 7. The minimum atomic E-state index is -3.60. The largest absolute Gasteiger partial charge is 0.490 e. The highest BCUT2D eigenvalue weighted by Crippen LogP contribution is 2.29. The van der Waals surface area contributed by atoms with Crippen LogP contribution in [0.2, 0.25) is 0 Å². The Balaban J connectivity index is 1.90. The number of nitrogens with zero attached hydrogens (tertiary/aromatic N) is 2. The fourth-order valence-corrected chi connectivity index (χ4v) is 5.32. The van der Waals surface area contributed by atoms with Crippen LogP contribution in [0.3, 0.4) is 0 Å². The van der Waals surface area contributed by atoms with E-state index in [2.05, 4.69) is 10.0 Å². The number of anilines is 2. The lowest BCUT2D eigenvalue weighted by atomic mass is 10.0. The van der Waals surface area contributed by atoms with Gasteiger partial charge < -0.3 is 29.7 Å². The third kappa shape index (κ3) is 10.4. The number of aliphatic hydroxyl groups excluding tert-OH is 1. The number of nitrogens with one attached hydrogen (secondary N) is 2. The highest BCUT2D eigenvalue weighted by molar-refractivity contribution is 7.92. The van der Waals surface area contributed by atoms with E-state index in [0.717, 1.165) is 19.1 Å². The van der Waals surface area contributed by atoms with E-state index in [-0.39, 0.29) is 43.0 Å². The SMILES string of the molecule is C[C@H]1CCCCO[C@H](CN(C)C(=O)Nc2ccc(F)cc2)[C@@H](C)CN([C@@H](C)CO)C(=O)c2cc(NS(C)(=O)=O)ccc2O1. The Bertz CT molecular complexity index is 1340. The smallest absolute Gasteiger partial charge is 0.321 e. The minimum Gasteiger partial charge on any atom is -0.490 e. The van der Waals surface area contributed by atoms with Crippen LogP contribution in [0, 0.1) is 11.7 Å². The third-order valence-corrected chi connectivity index (χ3v) is 7.86. The summed E-state index contributed by atoms with van der Waals surface area (Å²) in [7, 11) is -1.97. The molecule has 0 saturated heterocycles. The highest BCUT2D eigenvalue weighted by Gasteiger charge is 2.31. The molecule has 0 spiro atoms. The molecule has 0 radical (unpaired) electrons. The van der Waals surface area contributed by atoms with E-state index in [1.807, 2.05) is 13.8 Å². The van der Waals surface area contributed by atoms with Gasteiger partial charge in [0.2, 0.25) is 10.0 Å². The number of likely N-dealkylation sites (N-methyl/N-ethyl adjacent to an activating group) is 1. The van der Waals surface area contributed by atoms with Crippen LogP contribution < -0.4 is 14.8 Å². The molecule has 0 bridgehead atoms. The molecule has 0 aliphatic carbocycles. The van der Waals surface area contributed by atoms with Gasteiger partial charge in [-0.1, -0.05) is 6.92 Å². The fourth-order valence-electron chi connectivity index (χ4n) is 4.77. The molecule has 2 aromatic carbocycles. The summed E-state index contributed by atoms with van der Waals surface area (Å²) in [5, 5.41) is 12.8. The summed E-state index contributed by atoms with van der Waals surface area (Å²) in [6.07, 6.45) is 2.58. The monoisotopic (exact) mass is 622 g/mol. The summed E-state index contributed by atoms with van der Waals surface area (Å²) in [4.78, 5) is 30.0. The summed E-state index contributed by atoms with van der Waals surface area (Å²) in [6, 6.07) is 9.05. The molecule has 3 amide bonds. The van der Waals surface area contributed by atoms with Gasteiger partial charge in [0.05, 0.1) is 36.7 Å². The summed E-state index contributed by atoms with van der Waals surface area (Å²) in [5.74, 6) is -0.800. The predicted molar refractivity (Wildman–Crippen MR) is 163 cm³/mol. The molecule has 0 saturated carbocycles. The normalized spacial score (nSPS) is 21.1. The van der Waals surface area contributed by atoms with Crippen LogP contribution in [0.4, 0.5) is 20.6 Å². The van der Waals surface area contributed by atoms with Gasteiger partial charge in [-0.15, -0.1) is 0 Å². The van der Waals surface area contributed by atoms with Crippen LogP contribution in [0.5, 0.6) is 5.75 Å². The van der Waals surface area contributed by atoms with Crippen molar-refractivity contribution in [3.05, 3.63) is 53.8 Å². The number of hydrogen-bond donors (Lipinski definition) is 3. The number of aliphatic hydroxyl groups is 1. The van der Waals surface area contributed by atoms with Crippen molar-refractivity contribution in [2.24, 2.45) is 5.92 Å². The van der Waals surface area contributed by atoms with Crippen molar-refractivity contribution in [2.45, 2.75) is 58.3 Å². The van der Waals surface area contributed by atoms with E-state index in [9.17, 15) is 27.5 Å². The molecule has 0 aromatic heterocycles. The zero-order valence-corrected chi connectivity index (χ0v) is 26.2. The van der Waals surface area contributed by atoms with Crippen molar-refractivity contribution < 1.29 is 37.0 Å². The van der Waals surface area contributed by atoms with Gasteiger partial charge in [0.25, 0.3) is 5.91 Å². The van der Waals surface area contributed by atoms with Gasteiger partial charge in [-0.2, -0.15) is 0 Å². The molecule has 43 heavy (non-hydrogen) atoms. The second-order valence-corrected chi connectivity index (χ2v) is 13.0. The Morgan fingerprint density at radius 2 is 1.84 bits per heavy atom. The number of amides is 3. The average molecular weight is 623 g/mol. The molecule has 2 aromatic rings. The van der Waals surface area contributed by atoms with Crippen molar-refractivity contribution in [1.29, 1.82) is 0 Å². The fraction of sp³-hybridized carbons (Fsp3) is 0.533. The van der Waals surface area contributed by atoms with Gasteiger partial charge in [-0.25, -0.2) is 17.6 Å². The van der Waals surface area contributed by atoms with E-state index in [1.54, 1.807) is 26.1 Å². The first-order valence-electron chi connectivity index (χ1n) is 14.4. The molecular weight excluding hydrogens is 579 g/mol. The number of fused-ring (bicyclic) bond motifs is 1. The lowest BCUT2D eigenvalue weighted by Gasteiger charge is -2.35. The molecule has 238 valence electrons. The lowest BCUT2D eigenvalue weighted by molar-refractivity contribution is -0.0115. The van der Waals surface area contributed by atoms with Gasteiger partial charge in [0, 0.05) is 44.0 Å². The maximum Gasteiger partial charge on any atom is 0.321 e. The summed E-state index contributed by atoms with van der Waals surface area (Å²) < 4.78 is 51.9. The van der Waals surface area contributed by atoms with E-state index >= 15 is 0 Å². The van der Waals surface area contributed by atoms with Gasteiger partial charge in [-0.3, -0.25) is 9.52 Å². The second-order valence-electron chi connectivity index (χ2n) is 11.2. The van der Waals surface area contributed by atoms with Crippen LogP contribution in [0.25, 0.3) is 0 Å². The van der Waals surface area contributed by atoms with Crippen LogP contribution in [-0.2, 0) is 14.8 Å². The predicted octanol–water partition coefficient (Wildman–Crippen LogP) is 4.16. The van der Waals surface area contributed by atoms with Crippen molar-refractivity contribution in [3.8, 4) is 5.75 Å². The molecular formula is C30H43FN4O7S. The van der Waals surface area contributed by atoms with Gasteiger partial charge >= 0.3 is 6.03 Å². The summed E-state index contributed by atoms with van der Waals surface area (Å²) in [6.45, 7) is 6.05. The number of hydrogen-bond acceptors (Lipinski definition) is 7. The number of halogens is 1. The topological polar surface area (TPSA) is 138 Å². The number of sulfonamides is 1. The molecule has 0 fully saturated rings. The molecule has 0 unspecified atom stereocenters. The van der Waals surface area contributed by atoms with E-state index in [4.69, 9.17) is 9.47 Å². The van der Waals surface area contributed by atoms with Crippen molar-refractivity contribution in [2.75, 3.05) is 49.6 Å². The molecule has 13 heteroatoms. The number of carbonyl (C=O) groups is 2. The minimum absolute atomic E-state index is 0.165. The number of ether oxygens (including phenoxy) is 2. The number of urea groups is 1. The maximum absolute atomic E-state index is 14.1. The number of benzene rings is 2.